The Balaban J connectivity index is 3.26. The number of nitro groups is 1. The fraction of sp³-hybridized carbons (Fsp3) is 0.786. The maximum absolute atomic E-state index is 11.4. The van der Waals surface area contributed by atoms with Crippen molar-refractivity contribution in [2.45, 2.75) is 53.0 Å². The topological polar surface area (TPSA) is 93.2 Å². The largest absolute Gasteiger partial charge is 0.396 e. The van der Waals surface area contributed by atoms with E-state index in [4.69, 9.17) is 0 Å². The van der Waals surface area contributed by atoms with E-state index in [2.05, 4.69) is 10.4 Å². The van der Waals surface area contributed by atoms with E-state index in [0.29, 0.717) is 17.9 Å². The first kappa shape index (κ1) is 17.4. The summed E-state index contributed by atoms with van der Waals surface area (Å²) in [6.07, 6.45) is 0.517. The lowest BCUT2D eigenvalue weighted by atomic mass is 9.85. The lowest BCUT2D eigenvalue weighted by Crippen LogP contribution is -2.35. The second-order valence-corrected chi connectivity index (χ2v) is 6.69. The Labute approximate surface area is 125 Å². The Bertz CT molecular complexity index is 503. The van der Waals surface area contributed by atoms with Gasteiger partial charge in [0.2, 0.25) is 5.82 Å². The maximum Gasteiger partial charge on any atom is 0.334 e. The lowest BCUT2D eigenvalue weighted by molar-refractivity contribution is -0.384. The molecular weight excluding hydrogens is 272 g/mol. The summed E-state index contributed by atoms with van der Waals surface area (Å²) in [5, 5.41) is 28.1. The molecule has 1 unspecified atom stereocenters. The standard InChI is InChI=1S/C14H26N4O3/c1-9(2)11-12(18(20)21)13(17(6)16-11)15-10(7-8-19)14(3,4)5/h9-10,15,19H,7-8H2,1-6H3. The number of anilines is 1. The second-order valence-electron chi connectivity index (χ2n) is 6.69. The maximum atomic E-state index is 11.4. The molecule has 0 spiro atoms. The Hall–Kier alpha value is -1.63. The van der Waals surface area contributed by atoms with Crippen molar-refractivity contribution in [1.29, 1.82) is 0 Å². The van der Waals surface area contributed by atoms with Crippen LogP contribution in [0.15, 0.2) is 0 Å². The van der Waals surface area contributed by atoms with E-state index in [1.54, 1.807) is 7.05 Å². The molecule has 1 rings (SSSR count). The Morgan fingerprint density at radius 1 is 1.43 bits per heavy atom. The van der Waals surface area contributed by atoms with E-state index in [0.717, 1.165) is 0 Å². The normalized spacial score (nSPS) is 13.5. The van der Waals surface area contributed by atoms with E-state index < -0.39 is 0 Å². The van der Waals surface area contributed by atoms with Crippen LogP contribution in [0.25, 0.3) is 0 Å². The number of aromatic nitrogens is 2. The molecule has 0 radical (unpaired) electrons. The van der Waals surface area contributed by atoms with Crippen molar-refractivity contribution in [2.24, 2.45) is 12.5 Å². The molecule has 1 heterocycles. The van der Waals surface area contributed by atoms with Gasteiger partial charge in [0.05, 0.1) is 4.92 Å². The summed E-state index contributed by atoms with van der Waals surface area (Å²) < 4.78 is 1.52. The molecule has 0 bridgehead atoms. The van der Waals surface area contributed by atoms with E-state index in [1.165, 1.54) is 4.68 Å². The first-order valence-electron chi connectivity index (χ1n) is 7.18. The zero-order valence-corrected chi connectivity index (χ0v) is 13.7. The minimum absolute atomic E-state index is 0.0254. The zero-order chi connectivity index (χ0) is 16.4. The Morgan fingerprint density at radius 2 is 2.00 bits per heavy atom. The first-order valence-corrected chi connectivity index (χ1v) is 7.18. The molecule has 21 heavy (non-hydrogen) atoms. The minimum Gasteiger partial charge on any atom is -0.396 e. The summed E-state index contributed by atoms with van der Waals surface area (Å²) in [5.41, 5.74) is 0.361. The summed E-state index contributed by atoms with van der Waals surface area (Å²) in [6, 6.07) is -0.0865. The molecule has 7 heteroatoms. The number of aryl methyl sites for hydroxylation is 1. The molecule has 0 aliphatic carbocycles. The molecule has 1 aromatic heterocycles. The van der Waals surface area contributed by atoms with Gasteiger partial charge in [-0.15, -0.1) is 0 Å². The van der Waals surface area contributed by atoms with Gasteiger partial charge < -0.3 is 10.4 Å². The number of aliphatic hydroxyl groups is 1. The molecule has 1 aromatic rings. The molecule has 120 valence electrons. The molecule has 7 nitrogen and oxygen atoms in total. The number of hydrogen-bond donors (Lipinski definition) is 2. The molecule has 0 aromatic carbocycles. The monoisotopic (exact) mass is 298 g/mol. The zero-order valence-electron chi connectivity index (χ0n) is 13.7. The highest BCUT2D eigenvalue weighted by atomic mass is 16.6. The SMILES string of the molecule is CC(C)c1nn(C)c(NC(CCO)C(C)(C)C)c1[N+](=O)[O-]. The van der Waals surface area contributed by atoms with Gasteiger partial charge in [0.25, 0.3) is 0 Å². The van der Waals surface area contributed by atoms with Crippen LogP contribution in [0.3, 0.4) is 0 Å². The van der Waals surface area contributed by atoms with Crippen LogP contribution >= 0.6 is 0 Å². The van der Waals surface area contributed by atoms with Crippen molar-refractivity contribution in [1.82, 2.24) is 9.78 Å². The lowest BCUT2D eigenvalue weighted by Gasteiger charge is -2.31. The van der Waals surface area contributed by atoms with Gasteiger partial charge in [-0.1, -0.05) is 34.6 Å². The number of nitrogens with one attached hydrogen (secondary N) is 1. The van der Waals surface area contributed by atoms with Crippen LogP contribution in [0.5, 0.6) is 0 Å². The van der Waals surface area contributed by atoms with Crippen LogP contribution in [-0.4, -0.2) is 32.5 Å². The van der Waals surface area contributed by atoms with E-state index >= 15 is 0 Å². The van der Waals surface area contributed by atoms with Gasteiger partial charge in [-0.05, 0) is 11.8 Å². The third-order valence-electron chi connectivity index (χ3n) is 3.55. The number of nitrogens with zero attached hydrogens (tertiary/aromatic N) is 3. The minimum atomic E-state index is -0.386. The van der Waals surface area contributed by atoms with Crippen molar-refractivity contribution in [3.05, 3.63) is 15.8 Å². The Kier molecular flexibility index (Phi) is 5.33. The molecule has 0 aliphatic rings. The highest BCUT2D eigenvalue weighted by Gasteiger charge is 2.32. The quantitative estimate of drug-likeness (QED) is 0.622. The summed E-state index contributed by atoms with van der Waals surface area (Å²) in [7, 11) is 1.69. The molecule has 0 amide bonds. The molecule has 1 atom stereocenters. The summed E-state index contributed by atoms with van der Waals surface area (Å²) in [5.74, 6) is 0.371. The van der Waals surface area contributed by atoms with Gasteiger partial charge in [-0.3, -0.25) is 10.1 Å². The van der Waals surface area contributed by atoms with Crippen LogP contribution in [0, 0.1) is 15.5 Å². The molecule has 0 saturated heterocycles. The molecule has 0 fully saturated rings. The van der Waals surface area contributed by atoms with Crippen LogP contribution in [0.4, 0.5) is 11.5 Å². The molecule has 0 aliphatic heterocycles. The van der Waals surface area contributed by atoms with Crippen LogP contribution in [0.1, 0.15) is 52.7 Å². The first-order chi connectivity index (χ1) is 9.59. The van der Waals surface area contributed by atoms with Crippen molar-refractivity contribution >= 4 is 11.5 Å². The number of hydrogen-bond acceptors (Lipinski definition) is 5. The Morgan fingerprint density at radius 3 is 2.38 bits per heavy atom. The van der Waals surface area contributed by atoms with Gasteiger partial charge in [-0.25, -0.2) is 4.68 Å². The average Bonchev–Trinajstić information content (AvgIpc) is 2.65. The summed E-state index contributed by atoms with van der Waals surface area (Å²) in [4.78, 5) is 11.0. The van der Waals surface area contributed by atoms with Gasteiger partial charge in [-0.2, -0.15) is 5.10 Å². The highest BCUT2D eigenvalue weighted by molar-refractivity contribution is 5.61. The van der Waals surface area contributed by atoms with Crippen LogP contribution in [-0.2, 0) is 7.05 Å². The van der Waals surface area contributed by atoms with E-state index in [9.17, 15) is 15.2 Å². The van der Waals surface area contributed by atoms with Crippen molar-refractivity contribution in [3.63, 3.8) is 0 Å². The average molecular weight is 298 g/mol. The summed E-state index contributed by atoms with van der Waals surface area (Å²) >= 11 is 0. The number of aliphatic hydroxyl groups excluding tert-OH is 1. The van der Waals surface area contributed by atoms with E-state index in [1.807, 2.05) is 34.6 Å². The van der Waals surface area contributed by atoms with Gasteiger partial charge >= 0.3 is 5.69 Å². The predicted molar refractivity (Wildman–Crippen MR) is 82.5 cm³/mol. The predicted octanol–water partition coefficient (Wildman–Crippen LogP) is 2.66. The van der Waals surface area contributed by atoms with Gasteiger partial charge in [0, 0.05) is 25.6 Å². The van der Waals surface area contributed by atoms with Crippen LogP contribution < -0.4 is 5.32 Å². The fourth-order valence-electron chi connectivity index (χ4n) is 2.28. The van der Waals surface area contributed by atoms with Crippen LogP contribution in [0.2, 0.25) is 0 Å². The summed E-state index contributed by atoms with van der Waals surface area (Å²) in [6.45, 7) is 9.89. The van der Waals surface area contributed by atoms with Gasteiger partial charge in [0.1, 0.15) is 5.69 Å². The molecular formula is C14H26N4O3. The molecule has 0 saturated carbocycles. The van der Waals surface area contributed by atoms with Crippen molar-refractivity contribution in [2.75, 3.05) is 11.9 Å². The molecule has 2 N–H and O–H groups in total. The third kappa shape index (κ3) is 3.93. The number of rotatable bonds is 6. The van der Waals surface area contributed by atoms with Crippen molar-refractivity contribution in [3.8, 4) is 0 Å². The second kappa shape index (κ2) is 6.43. The third-order valence-corrected chi connectivity index (χ3v) is 3.55. The van der Waals surface area contributed by atoms with Gasteiger partial charge in [0.15, 0.2) is 0 Å². The fourth-order valence-corrected chi connectivity index (χ4v) is 2.28. The van der Waals surface area contributed by atoms with E-state index in [-0.39, 0.29) is 34.6 Å². The van der Waals surface area contributed by atoms with Crippen molar-refractivity contribution < 1.29 is 10.0 Å². The smallest absolute Gasteiger partial charge is 0.334 e. The highest BCUT2D eigenvalue weighted by Crippen LogP contribution is 2.35.